The first-order valence-corrected chi connectivity index (χ1v) is 19.5. The van der Waals surface area contributed by atoms with E-state index in [9.17, 15) is 0 Å². The Kier molecular flexibility index (Phi) is 5.61. The molecule has 0 saturated heterocycles. The Balaban J connectivity index is 1.57. The van der Waals surface area contributed by atoms with E-state index in [1.807, 2.05) is 12.7 Å². The van der Waals surface area contributed by atoms with Crippen LogP contribution >= 0.6 is 0 Å². The Morgan fingerprint density at radius 3 is 1.29 bits per heavy atom. The Hall–Kier alpha value is -2.97. The number of benzene rings is 3. The predicted molar refractivity (Wildman–Crippen MR) is 151 cm³/mol. The molecule has 5 aromatic rings. The second kappa shape index (κ2) is 8.36. The number of hydrogen-bond donors (Lipinski definition) is 0. The molecule has 174 valence electrons. The molecule has 2 heterocycles. The molecule has 0 spiro atoms. The van der Waals surface area contributed by atoms with Crippen LogP contribution in [0.2, 0.25) is 39.3 Å². The first-order valence-electron chi connectivity index (χ1n) is 12.1. The van der Waals surface area contributed by atoms with Gasteiger partial charge in [0.1, 0.15) is 0 Å². The molecular formula is C28H34N4Si2. The van der Waals surface area contributed by atoms with Gasteiger partial charge in [-0.1, -0.05) is 87.8 Å². The second-order valence-corrected chi connectivity index (χ2v) is 22.7. The van der Waals surface area contributed by atoms with E-state index in [0.29, 0.717) is 0 Å². The van der Waals surface area contributed by atoms with E-state index in [1.54, 1.807) is 0 Å². The first-order chi connectivity index (χ1) is 16.1. The van der Waals surface area contributed by atoms with Crippen molar-refractivity contribution in [2.45, 2.75) is 51.6 Å². The molecule has 0 amide bonds. The molecule has 0 aliphatic heterocycles. The maximum absolute atomic E-state index is 4.70. The van der Waals surface area contributed by atoms with Gasteiger partial charge in [-0.25, -0.2) is 9.97 Å². The van der Waals surface area contributed by atoms with Crippen LogP contribution in [-0.2, 0) is 12.3 Å². The van der Waals surface area contributed by atoms with E-state index >= 15 is 0 Å². The number of para-hydroxylation sites is 2. The summed E-state index contributed by atoms with van der Waals surface area (Å²) in [5.74, 6) is 0. The van der Waals surface area contributed by atoms with Crippen LogP contribution < -0.4 is 0 Å². The van der Waals surface area contributed by atoms with Gasteiger partial charge >= 0.3 is 0 Å². The summed E-state index contributed by atoms with van der Waals surface area (Å²) in [6.07, 6.45) is 6.17. The van der Waals surface area contributed by atoms with Crippen LogP contribution in [0.5, 0.6) is 0 Å². The summed E-state index contributed by atoms with van der Waals surface area (Å²) in [6.45, 7) is 14.4. The Bertz CT molecular complexity index is 1350. The van der Waals surface area contributed by atoms with Gasteiger partial charge in [0, 0.05) is 23.5 Å². The molecule has 0 saturated carbocycles. The van der Waals surface area contributed by atoms with Crippen molar-refractivity contribution in [3.63, 3.8) is 0 Å². The van der Waals surface area contributed by atoms with Crippen LogP contribution in [0, 0.1) is 0 Å². The number of aromatic nitrogens is 4. The van der Waals surface area contributed by atoms with Crippen molar-refractivity contribution in [2.75, 3.05) is 0 Å². The lowest BCUT2D eigenvalue weighted by molar-refractivity contribution is 0.882. The summed E-state index contributed by atoms with van der Waals surface area (Å²) in [6, 6.07) is 22.0. The lowest BCUT2D eigenvalue weighted by Crippen LogP contribution is -2.27. The van der Waals surface area contributed by atoms with Crippen LogP contribution in [0.15, 0.2) is 73.3 Å². The molecule has 0 aliphatic rings. The number of nitrogens with zero attached hydrogens (tertiary/aromatic N) is 4. The fourth-order valence-corrected chi connectivity index (χ4v) is 7.33. The summed E-state index contributed by atoms with van der Waals surface area (Å²) < 4.78 is 4.72. The van der Waals surface area contributed by atoms with E-state index in [0.717, 1.165) is 23.4 Å². The molecule has 0 unspecified atom stereocenters. The maximum atomic E-state index is 4.70. The Morgan fingerprint density at radius 2 is 0.941 bits per heavy atom. The van der Waals surface area contributed by atoms with Gasteiger partial charge in [0.15, 0.2) is 0 Å². The van der Waals surface area contributed by atoms with Crippen LogP contribution in [0.1, 0.15) is 0 Å². The number of fused-ring (bicyclic) bond motifs is 2. The van der Waals surface area contributed by atoms with E-state index in [4.69, 9.17) is 9.97 Å². The third-order valence-electron chi connectivity index (χ3n) is 6.07. The average molecular weight is 483 g/mol. The highest BCUT2D eigenvalue weighted by molar-refractivity contribution is 6.75. The van der Waals surface area contributed by atoms with Crippen molar-refractivity contribution in [2.24, 2.45) is 0 Å². The van der Waals surface area contributed by atoms with Crippen molar-refractivity contribution >= 4 is 38.2 Å². The molecule has 5 rings (SSSR count). The summed E-state index contributed by atoms with van der Waals surface area (Å²) in [5, 5.41) is 0. The zero-order valence-corrected chi connectivity index (χ0v) is 23.1. The quantitative estimate of drug-likeness (QED) is 0.235. The minimum absolute atomic E-state index is 1.07. The van der Waals surface area contributed by atoms with E-state index in [1.165, 1.54) is 33.3 Å². The van der Waals surface area contributed by atoms with Gasteiger partial charge in [0.05, 0.1) is 50.9 Å². The van der Waals surface area contributed by atoms with Gasteiger partial charge in [-0.15, -0.1) is 0 Å². The molecule has 34 heavy (non-hydrogen) atoms. The van der Waals surface area contributed by atoms with Crippen LogP contribution in [0.4, 0.5) is 0 Å². The average Bonchev–Trinajstić information content (AvgIpc) is 3.36. The highest BCUT2D eigenvalue weighted by atomic mass is 28.3. The van der Waals surface area contributed by atoms with Gasteiger partial charge in [0.25, 0.3) is 0 Å². The topological polar surface area (TPSA) is 35.6 Å². The molecule has 0 bridgehead atoms. The number of rotatable bonds is 6. The van der Waals surface area contributed by atoms with Gasteiger partial charge in [-0.05, 0) is 23.3 Å². The van der Waals surface area contributed by atoms with Gasteiger partial charge < -0.3 is 9.13 Å². The van der Waals surface area contributed by atoms with E-state index in [-0.39, 0.29) is 0 Å². The van der Waals surface area contributed by atoms with E-state index < -0.39 is 16.1 Å². The Morgan fingerprint density at radius 1 is 0.559 bits per heavy atom. The van der Waals surface area contributed by atoms with Gasteiger partial charge in [-0.3, -0.25) is 0 Å². The van der Waals surface area contributed by atoms with Crippen molar-refractivity contribution in [1.29, 1.82) is 0 Å². The SMILES string of the molecule is C[Si](C)(C)Cn1cnc2cccc(-c3ccc(-c4cccc5ncn(C[Si](C)(C)C)c45)cc3)c21. The summed E-state index contributed by atoms with van der Waals surface area (Å²) in [5.41, 5.74) is 9.59. The minimum atomic E-state index is -1.28. The zero-order chi connectivity index (χ0) is 24.1. The van der Waals surface area contributed by atoms with Crippen molar-refractivity contribution < 1.29 is 0 Å². The van der Waals surface area contributed by atoms with Crippen LogP contribution in [-0.4, -0.2) is 35.2 Å². The molecule has 0 atom stereocenters. The summed E-state index contributed by atoms with van der Waals surface area (Å²) >= 11 is 0. The standard InChI is InChI=1S/C28H34N4Si2/c1-33(2,3)19-31-17-29-25-11-7-9-23(27(25)31)21-13-15-22(16-14-21)24-10-8-12-26-28(24)32(18-30-26)20-34(4,5)6/h7-18H,19-20H2,1-6H3. The molecule has 4 nitrogen and oxygen atoms in total. The van der Waals surface area contributed by atoms with Crippen LogP contribution in [0.3, 0.4) is 0 Å². The normalized spacial score (nSPS) is 12.6. The third-order valence-corrected chi connectivity index (χ3v) is 8.65. The summed E-state index contributed by atoms with van der Waals surface area (Å²) in [4.78, 5) is 9.40. The highest BCUT2D eigenvalue weighted by Gasteiger charge is 2.19. The smallest absolute Gasteiger partial charge is 0.0955 e. The molecule has 0 fully saturated rings. The molecule has 2 aromatic heterocycles. The molecule has 6 heteroatoms. The van der Waals surface area contributed by atoms with Crippen LogP contribution in [0.25, 0.3) is 44.3 Å². The lowest BCUT2D eigenvalue weighted by Gasteiger charge is -2.19. The molecule has 3 aromatic carbocycles. The van der Waals surface area contributed by atoms with Gasteiger partial charge in [0.2, 0.25) is 0 Å². The molecule has 0 aliphatic carbocycles. The lowest BCUT2D eigenvalue weighted by atomic mass is 9.98. The number of imidazole rings is 2. The third kappa shape index (κ3) is 4.52. The molecule has 0 radical (unpaired) electrons. The Labute approximate surface area is 204 Å². The highest BCUT2D eigenvalue weighted by Crippen LogP contribution is 2.33. The molecular weight excluding hydrogens is 449 g/mol. The second-order valence-electron chi connectivity index (χ2n) is 11.8. The van der Waals surface area contributed by atoms with Gasteiger partial charge in [-0.2, -0.15) is 0 Å². The fraction of sp³-hybridized carbons (Fsp3) is 0.286. The van der Waals surface area contributed by atoms with Crippen molar-refractivity contribution in [3.8, 4) is 22.3 Å². The monoisotopic (exact) mass is 482 g/mol. The molecule has 0 N–H and O–H groups in total. The first kappa shape index (κ1) is 22.8. The predicted octanol–water partition coefficient (Wildman–Crippen LogP) is 7.47. The maximum Gasteiger partial charge on any atom is 0.0955 e. The minimum Gasteiger partial charge on any atom is -0.333 e. The van der Waals surface area contributed by atoms with E-state index in [2.05, 4.69) is 109 Å². The zero-order valence-electron chi connectivity index (χ0n) is 21.1. The fourth-order valence-electron chi connectivity index (χ4n) is 4.81. The number of hydrogen-bond acceptors (Lipinski definition) is 2. The largest absolute Gasteiger partial charge is 0.333 e. The van der Waals surface area contributed by atoms with Crippen molar-refractivity contribution in [3.05, 3.63) is 73.3 Å². The van der Waals surface area contributed by atoms with Crippen molar-refractivity contribution in [1.82, 2.24) is 19.1 Å². The summed E-state index contributed by atoms with van der Waals surface area (Å²) in [7, 11) is -2.56.